The number of anilines is 1. The van der Waals surface area contributed by atoms with E-state index in [2.05, 4.69) is 4.98 Å². The molecule has 0 spiro atoms. The molecule has 13 heteroatoms. The molecule has 7 atom stereocenters. The van der Waals surface area contributed by atoms with Gasteiger partial charge in [0.1, 0.15) is 5.75 Å². The van der Waals surface area contributed by atoms with Crippen LogP contribution in [-0.4, -0.2) is 41.2 Å². The second kappa shape index (κ2) is 10.3. The number of thioether (sulfide) groups is 1. The van der Waals surface area contributed by atoms with E-state index < -0.39 is 41.4 Å². The van der Waals surface area contributed by atoms with Gasteiger partial charge in [-0.1, -0.05) is 29.5 Å². The molecule has 4 aliphatic rings. The molecule has 7 rings (SSSR count). The van der Waals surface area contributed by atoms with E-state index in [4.69, 9.17) is 9.47 Å². The van der Waals surface area contributed by atoms with Crippen LogP contribution < -0.4 is 14.5 Å². The Hall–Kier alpha value is -3.58. The first-order valence-corrected chi connectivity index (χ1v) is 15.6. The van der Waals surface area contributed by atoms with Gasteiger partial charge in [0.05, 0.1) is 34.7 Å². The summed E-state index contributed by atoms with van der Waals surface area (Å²) < 4.78 is 51.0. The third-order valence-corrected chi connectivity index (χ3v) is 11.6. The Labute approximate surface area is 251 Å². The molecule has 3 aromatic rings. The van der Waals surface area contributed by atoms with Gasteiger partial charge in [0, 0.05) is 16.0 Å². The Balaban J connectivity index is 1.24. The number of imide groups is 1. The molecule has 1 aromatic heterocycles. The summed E-state index contributed by atoms with van der Waals surface area (Å²) in [5, 5.41) is 0.644. The number of halogens is 3. The van der Waals surface area contributed by atoms with Crippen molar-refractivity contribution in [1.29, 1.82) is 0 Å². The number of carbonyl (C=O) groups excluding carboxylic acids is 3. The van der Waals surface area contributed by atoms with Crippen molar-refractivity contribution >= 4 is 46.6 Å². The monoisotopic (exact) mass is 630 g/mol. The second-order valence-corrected chi connectivity index (χ2v) is 13.4. The lowest BCUT2D eigenvalue weighted by atomic mass is 9.68. The number of rotatable bonds is 6. The first-order valence-electron chi connectivity index (χ1n) is 13.9. The van der Waals surface area contributed by atoms with Crippen LogP contribution in [0.15, 0.2) is 58.4 Å². The first-order chi connectivity index (χ1) is 20.6. The Morgan fingerprint density at radius 3 is 2.53 bits per heavy atom. The maximum Gasteiger partial charge on any atom is 0.416 e. The Morgan fingerprint density at radius 1 is 1.05 bits per heavy atom. The molecule has 8 nitrogen and oxygen atoms in total. The number of hydrogen-bond acceptors (Lipinski definition) is 8. The number of H-pyrrole nitrogens is 1. The number of benzene rings is 2. The third-order valence-electron chi connectivity index (χ3n) is 9.03. The number of carbonyl (C=O) groups is 3. The van der Waals surface area contributed by atoms with E-state index in [0.29, 0.717) is 12.2 Å². The molecule has 224 valence electrons. The van der Waals surface area contributed by atoms with Gasteiger partial charge >= 0.3 is 17.0 Å². The highest BCUT2D eigenvalue weighted by Crippen LogP contribution is 2.68. The van der Waals surface area contributed by atoms with Crippen molar-refractivity contribution in [1.82, 2.24) is 4.98 Å². The first kappa shape index (κ1) is 28.2. The van der Waals surface area contributed by atoms with Crippen molar-refractivity contribution < 1.29 is 37.0 Å². The fourth-order valence-electron chi connectivity index (χ4n) is 7.61. The highest BCUT2D eigenvalue weighted by Gasteiger charge is 2.69. The third kappa shape index (κ3) is 4.50. The Morgan fingerprint density at radius 2 is 1.79 bits per heavy atom. The number of hydrogen-bond donors (Lipinski definition) is 1. The van der Waals surface area contributed by atoms with E-state index in [-0.39, 0.29) is 52.7 Å². The number of fused-ring (bicyclic) bond motifs is 9. The molecule has 1 N–H and O–H groups in total. The van der Waals surface area contributed by atoms with E-state index >= 15 is 0 Å². The Kier molecular flexibility index (Phi) is 6.73. The standard InChI is InChI=1S/C30H25F3N2O6S2/c1-2-40-19(36)12-41-16-8-3-5-13(9-16)20-21-17-11-18(24(21)42-26-25(20)43-29(39)34-26)23-22(17)27(37)35(28(23)38)15-7-4-6-14(10-15)30(31,32)33/h3-10,17-18,20-24H,2,11-12H2,1H3,(H,34,39)/t17-,18-,20+,21-,22+,23+,24-/m1/s1. The predicted octanol–water partition coefficient (Wildman–Crippen LogP) is 5.08. The quantitative estimate of drug-likeness (QED) is 0.299. The topological polar surface area (TPSA) is 106 Å². The van der Waals surface area contributed by atoms with Gasteiger partial charge in [-0.15, -0.1) is 11.8 Å². The molecule has 2 aromatic carbocycles. The van der Waals surface area contributed by atoms with Crippen LogP contribution in [0.5, 0.6) is 5.75 Å². The molecule has 3 fully saturated rings. The van der Waals surface area contributed by atoms with Crippen LogP contribution in [0.2, 0.25) is 0 Å². The van der Waals surface area contributed by atoms with Gasteiger partial charge in [0.25, 0.3) is 0 Å². The summed E-state index contributed by atoms with van der Waals surface area (Å²) in [5.41, 5.74) is -0.141. The van der Waals surface area contributed by atoms with Crippen LogP contribution in [-0.2, 0) is 25.3 Å². The van der Waals surface area contributed by atoms with Crippen LogP contribution in [0.25, 0.3) is 0 Å². The summed E-state index contributed by atoms with van der Waals surface area (Å²) in [4.78, 5) is 56.5. The van der Waals surface area contributed by atoms with E-state index in [1.165, 1.54) is 23.9 Å². The van der Waals surface area contributed by atoms with Crippen molar-refractivity contribution in [2.45, 2.75) is 35.7 Å². The van der Waals surface area contributed by atoms with Crippen LogP contribution in [0.3, 0.4) is 0 Å². The number of nitrogens with zero attached hydrogens (tertiary/aromatic N) is 1. The molecule has 2 aliphatic carbocycles. The predicted molar refractivity (Wildman–Crippen MR) is 151 cm³/mol. The van der Waals surface area contributed by atoms with Gasteiger partial charge < -0.3 is 14.5 Å². The maximum absolute atomic E-state index is 13.9. The average Bonchev–Trinajstić information content (AvgIpc) is 3.70. The summed E-state index contributed by atoms with van der Waals surface area (Å²) in [6.07, 6.45) is -3.97. The molecule has 0 unspecified atom stereocenters. The van der Waals surface area contributed by atoms with Crippen LogP contribution in [0.1, 0.15) is 35.3 Å². The number of nitrogens with one attached hydrogen (secondary N) is 1. The molecular formula is C30H25F3N2O6S2. The van der Waals surface area contributed by atoms with Gasteiger partial charge in [-0.3, -0.25) is 19.3 Å². The lowest BCUT2D eigenvalue weighted by Crippen LogP contribution is -2.42. The van der Waals surface area contributed by atoms with E-state index in [0.717, 1.165) is 43.8 Å². The Bertz CT molecular complexity index is 1700. The van der Waals surface area contributed by atoms with Crippen molar-refractivity contribution in [3.05, 3.63) is 74.2 Å². The number of aromatic amines is 1. The lowest BCUT2D eigenvalue weighted by Gasteiger charge is -2.43. The SMILES string of the molecule is CCOC(=O)COc1cccc([C@@H]2c3sc(=O)[nH]c3S[C@@H]3[C@@H]4C[C@@H]([C@@H]5C(=O)N(c6cccc(C(F)(F)F)c6)C(=O)[C@@H]45)[C@H]23)c1. The average molecular weight is 631 g/mol. The minimum atomic E-state index is -4.61. The molecule has 2 bridgehead atoms. The van der Waals surface area contributed by atoms with Crippen LogP contribution in [0, 0.1) is 29.6 Å². The molecular weight excluding hydrogens is 605 g/mol. The summed E-state index contributed by atoms with van der Waals surface area (Å²) in [7, 11) is 0. The van der Waals surface area contributed by atoms with Gasteiger partial charge in [0.2, 0.25) is 11.8 Å². The summed E-state index contributed by atoms with van der Waals surface area (Å²) in [6.45, 7) is 1.68. The molecule has 0 radical (unpaired) electrons. The molecule has 1 saturated heterocycles. The zero-order valence-corrected chi connectivity index (χ0v) is 24.3. The fourth-order valence-corrected chi connectivity index (χ4v) is 10.5. The molecule has 43 heavy (non-hydrogen) atoms. The number of esters is 1. The van der Waals surface area contributed by atoms with E-state index in [1.807, 2.05) is 12.1 Å². The zero-order chi connectivity index (χ0) is 30.2. The second-order valence-electron chi connectivity index (χ2n) is 11.2. The molecule has 2 saturated carbocycles. The highest BCUT2D eigenvalue weighted by molar-refractivity contribution is 8.00. The normalized spacial score (nSPS) is 28.9. The fraction of sp³-hybridized carbons (Fsp3) is 0.400. The van der Waals surface area contributed by atoms with Crippen molar-refractivity contribution in [3.8, 4) is 5.75 Å². The van der Waals surface area contributed by atoms with Crippen molar-refractivity contribution in [2.75, 3.05) is 18.1 Å². The summed E-state index contributed by atoms with van der Waals surface area (Å²) >= 11 is 2.63. The minimum absolute atomic E-state index is 0.0688. The van der Waals surface area contributed by atoms with E-state index in [9.17, 15) is 32.3 Å². The largest absolute Gasteiger partial charge is 0.482 e. The number of amides is 2. The number of ether oxygens (including phenoxy) is 2. The van der Waals surface area contributed by atoms with Crippen molar-refractivity contribution in [2.24, 2.45) is 29.6 Å². The molecule has 3 heterocycles. The highest BCUT2D eigenvalue weighted by atomic mass is 32.2. The summed E-state index contributed by atoms with van der Waals surface area (Å²) in [6, 6.07) is 11.6. The van der Waals surface area contributed by atoms with Crippen molar-refractivity contribution in [3.63, 3.8) is 0 Å². The van der Waals surface area contributed by atoms with E-state index in [1.54, 1.807) is 19.1 Å². The lowest BCUT2D eigenvalue weighted by molar-refractivity contribution is -0.145. The van der Waals surface area contributed by atoms with Gasteiger partial charge in [-0.05, 0) is 67.0 Å². The minimum Gasteiger partial charge on any atom is -0.482 e. The molecule has 2 amide bonds. The van der Waals surface area contributed by atoms with Crippen LogP contribution >= 0.6 is 23.1 Å². The van der Waals surface area contributed by atoms with Gasteiger partial charge in [-0.25, -0.2) is 4.79 Å². The van der Waals surface area contributed by atoms with Gasteiger partial charge in [0.15, 0.2) is 6.61 Å². The maximum atomic E-state index is 13.9. The van der Waals surface area contributed by atoms with Crippen LogP contribution in [0.4, 0.5) is 18.9 Å². The number of thiazole rings is 1. The smallest absolute Gasteiger partial charge is 0.416 e. The number of aromatic nitrogens is 1. The molecule has 2 aliphatic heterocycles. The number of alkyl halides is 3. The van der Waals surface area contributed by atoms with Gasteiger partial charge in [-0.2, -0.15) is 13.2 Å². The summed E-state index contributed by atoms with van der Waals surface area (Å²) in [5.74, 6) is -3.04. The zero-order valence-electron chi connectivity index (χ0n) is 22.6.